The van der Waals surface area contributed by atoms with Crippen molar-refractivity contribution in [1.82, 2.24) is 24.9 Å². The van der Waals surface area contributed by atoms with Gasteiger partial charge in [-0.2, -0.15) is 14.6 Å². The number of hydrogen-bond donors (Lipinski definition) is 1. The number of fused-ring (bicyclic) bond motifs is 2. The number of nitrogens with one attached hydrogen (secondary N) is 1. The van der Waals surface area contributed by atoms with Crippen LogP contribution in [0.4, 0.5) is 5.82 Å². The molecule has 7 heteroatoms. The van der Waals surface area contributed by atoms with Gasteiger partial charge in [0.1, 0.15) is 12.1 Å². The van der Waals surface area contributed by atoms with E-state index >= 15 is 0 Å². The molecule has 3 aliphatic rings. The van der Waals surface area contributed by atoms with Crippen LogP contribution in [0.2, 0.25) is 0 Å². The molecule has 7 nitrogen and oxygen atoms in total. The topological polar surface area (TPSA) is 75.4 Å². The molecule has 5 rings (SSSR count). The van der Waals surface area contributed by atoms with Gasteiger partial charge in [0.25, 0.3) is 5.78 Å². The number of aryl methyl sites for hydroxylation is 1. The third-order valence-electron chi connectivity index (χ3n) is 7.03. The Kier molecular flexibility index (Phi) is 4.69. The van der Waals surface area contributed by atoms with Gasteiger partial charge in [-0.15, -0.1) is 0 Å². The first-order valence-electron chi connectivity index (χ1n) is 11.0. The number of anilines is 1. The molecule has 1 saturated heterocycles. The molecule has 1 amide bonds. The molecule has 0 spiro atoms. The Balaban J connectivity index is 1.28. The number of aromatic nitrogens is 4. The summed E-state index contributed by atoms with van der Waals surface area (Å²) in [5.74, 6) is 2.87. The number of hydrogen-bond acceptors (Lipinski definition) is 5. The first kappa shape index (κ1) is 17.9. The molecule has 0 unspecified atom stereocenters. The fraction of sp³-hybridized carbons (Fsp3) is 0.714. The van der Waals surface area contributed by atoms with Crippen molar-refractivity contribution < 1.29 is 4.79 Å². The van der Waals surface area contributed by atoms with Gasteiger partial charge in [-0.3, -0.25) is 4.79 Å². The fourth-order valence-electron chi connectivity index (χ4n) is 5.31. The second kappa shape index (κ2) is 7.33. The summed E-state index contributed by atoms with van der Waals surface area (Å²) in [6.07, 6.45) is 11.6. The van der Waals surface area contributed by atoms with Crippen molar-refractivity contribution in [3.8, 4) is 0 Å². The van der Waals surface area contributed by atoms with Crippen molar-refractivity contribution in [2.45, 2.75) is 70.8 Å². The smallest absolute Gasteiger partial charge is 0.254 e. The number of nitrogens with zero attached hydrogens (tertiary/aromatic N) is 5. The van der Waals surface area contributed by atoms with Crippen LogP contribution in [0.5, 0.6) is 0 Å². The van der Waals surface area contributed by atoms with Crippen LogP contribution in [0, 0.1) is 11.8 Å². The largest absolute Gasteiger partial charge is 0.356 e. The van der Waals surface area contributed by atoms with Crippen LogP contribution in [0.3, 0.4) is 0 Å². The van der Waals surface area contributed by atoms with E-state index in [1.165, 1.54) is 30.5 Å². The summed E-state index contributed by atoms with van der Waals surface area (Å²) in [7, 11) is 0. The Morgan fingerprint density at radius 1 is 1.11 bits per heavy atom. The molecule has 1 saturated carbocycles. The van der Waals surface area contributed by atoms with E-state index in [0.29, 0.717) is 17.7 Å². The molecule has 1 aliphatic heterocycles. The third-order valence-corrected chi connectivity index (χ3v) is 7.03. The molecule has 28 heavy (non-hydrogen) atoms. The summed E-state index contributed by atoms with van der Waals surface area (Å²) in [4.78, 5) is 24.3. The van der Waals surface area contributed by atoms with Gasteiger partial charge in [-0.25, -0.2) is 4.98 Å². The minimum absolute atomic E-state index is 0.131. The van der Waals surface area contributed by atoms with Gasteiger partial charge in [0.2, 0.25) is 5.91 Å². The quantitative estimate of drug-likeness (QED) is 0.883. The standard InChI is InChI=1S/C21H30N6O/c1-14-5-2-3-7-17(14)24-19(28)15-9-11-26(12-10-15)20-16-6-4-8-18(16)25-21-22-13-23-27(20)21/h13-15,17H,2-12H2,1H3,(H,24,28)/t14-,17+/m1/s1. The van der Waals surface area contributed by atoms with E-state index in [-0.39, 0.29) is 11.8 Å². The van der Waals surface area contributed by atoms with Gasteiger partial charge in [-0.1, -0.05) is 19.8 Å². The van der Waals surface area contributed by atoms with Crippen molar-refractivity contribution in [1.29, 1.82) is 0 Å². The lowest BCUT2D eigenvalue weighted by atomic mass is 9.85. The van der Waals surface area contributed by atoms with Crippen LogP contribution in [0.15, 0.2) is 6.33 Å². The highest BCUT2D eigenvalue weighted by Gasteiger charge is 2.32. The number of carbonyl (C=O) groups is 1. The van der Waals surface area contributed by atoms with Gasteiger partial charge in [0.05, 0.1) is 5.69 Å². The fourth-order valence-corrected chi connectivity index (χ4v) is 5.31. The van der Waals surface area contributed by atoms with E-state index in [1.54, 1.807) is 6.33 Å². The van der Waals surface area contributed by atoms with E-state index in [2.05, 4.69) is 32.2 Å². The summed E-state index contributed by atoms with van der Waals surface area (Å²) < 4.78 is 1.90. The average Bonchev–Trinajstić information content (AvgIpc) is 3.37. The maximum absolute atomic E-state index is 12.8. The zero-order valence-electron chi connectivity index (χ0n) is 16.7. The number of piperidine rings is 1. The van der Waals surface area contributed by atoms with Gasteiger partial charge in [0.15, 0.2) is 0 Å². The average molecular weight is 383 g/mol. The lowest BCUT2D eigenvalue weighted by Crippen LogP contribution is -2.47. The van der Waals surface area contributed by atoms with Crippen molar-refractivity contribution >= 4 is 17.5 Å². The Morgan fingerprint density at radius 2 is 1.93 bits per heavy atom. The van der Waals surface area contributed by atoms with Crippen LogP contribution >= 0.6 is 0 Å². The Hall–Kier alpha value is -2.18. The molecule has 2 aromatic heterocycles. The van der Waals surface area contributed by atoms with Crippen molar-refractivity contribution in [3.63, 3.8) is 0 Å². The van der Waals surface area contributed by atoms with Crippen molar-refractivity contribution in [2.75, 3.05) is 18.0 Å². The minimum Gasteiger partial charge on any atom is -0.356 e. The monoisotopic (exact) mass is 382 g/mol. The highest BCUT2D eigenvalue weighted by Crippen LogP contribution is 2.33. The maximum Gasteiger partial charge on any atom is 0.254 e. The lowest BCUT2D eigenvalue weighted by molar-refractivity contribution is -0.126. The molecule has 3 heterocycles. The Labute approximate surface area is 165 Å². The van der Waals surface area contributed by atoms with E-state index in [0.717, 1.165) is 57.4 Å². The maximum atomic E-state index is 12.8. The first-order valence-corrected chi connectivity index (χ1v) is 11.0. The molecule has 2 fully saturated rings. The van der Waals surface area contributed by atoms with E-state index < -0.39 is 0 Å². The normalized spacial score (nSPS) is 25.8. The summed E-state index contributed by atoms with van der Waals surface area (Å²) in [6.45, 7) is 4.06. The molecule has 2 atom stereocenters. The van der Waals surface area contributed by atoms with Gasteiger partial charge >= 0.3 is 0 Å². The number of rotatable bonds is 3. The molecule has 1 N–H and O–H groups in total. The molecule has 0 bridgehead atoms. The SMILES string of the molecule is C[C@@H]1CCCC[C@@H]1NC(=O)C1CCN(c2c3c(nc4ncnn24)CCC3)CC1. The second-order valence-electron chi connectivity index (χ2n) is 8.82. The van der Waals surface area contributed by atoms with E-state index in [4.69, 9.17) is 0 Å². The van der Waals surface area contributed by atoms with Crippen LogP contribution < -0.4 is 10.2 Å². The van der Waals surface area contributed by atoms with Crippen LogP contribution in [-0.4, -0.2) is 44.6 Å². The van der Waals surface area contributed by atoms with Crippen LogP contribution in [-0.2, 0) is 17.6 Å². The second-order valence-corrected chi connectivity index (χ2v) is 8.82. The molecule has 2 aromatic rings. The first-order chi connectivity index (χ1) is 13.7. The zero-order chi connectivity index (χ0) is 19.1. The summed E-state index contributed by atoms with van der Waals surface area (Å²) in [6, 6.07) is 0.373. The van der Waals surface area contributed by atoms with Crippen LogP contribution in [0.25, 0.3) is 5.78 Å². The predicted molar refractivity (Wildman–Crippen MR) is 107 cm³/mol. The minimum atomic E-state index is 0.131. The lowest BCUT2D eigenvalue weighted by Gasteiger charge is -2.36. The summed E-state index contributed by atoms with van der Waals surface area (Å²) in [5, 5.41) is 7.80. The van der Waals surface area contributed by atoms with E-state index in [9.17, 15) is 4.79 Å². The van der Waals surface area contributed by atoms with E-state index in [1.807, 2.05) is 4.52 Å². The third kappa shape index (κ3) is 3.14. The molecule has 0 aromatic carbocycles. The molecule has 150 valence electrons. The highest BCUT2D eigenvalue weighted by molar-refractivity contribution is 5.79. The van der Waals surface area contributed by atoms with Gasteiger partial charge < -0.3 is 10.2 Å². The predicted octanol–water partition coefficient (Wildman–Crippen LogP) is 2.52. The summed E-state index contributed by atoms with van der Waals surface area (Å²) in [5.41, 5.74) is 2.51. The van der Waals surface area contributed by atoms with Crippen LogP contribution in [0.1, 0.15) is 63.1 Å². The number of carbonyl (C=O) groups excluding carboxylic acids is 1. The van der Waals surface area contributed by atoms with Crippen molar-refractivity contribution in [3.05, 3.63) is 17.6 Å². The molecule has 0 radical (unpaired) electrons. The van der Waals surface area contributed by atoms with Gasteiger partial charge in [0, 0.05) is 30.6 Å². The zero-order valence-corrected chi connectivity index (χ0v) is 16.7. The molecule has 2 aliphatic carbocycles. The summed E-state index contributed by atoms with van der Waals surface area (Å²) >= 11 is 0. The number of amides is 1. The molecular formula is C21H30N6O. The van der Waals surface area contributed by atoms with Crippen molar-refractivity contribution in [2.24, 2.45) is 11.8 Å². The van der Waals surface area contributed by atoms with Gasteiger partial charge in [-0.05, 0) is 50.9 Å². The Morgan fingerprint density at radius 3 is 2.75 bits per heavy atom. The molecular weight excluding hydrogens is 352 g/mol. The Bertz CT molecular complexity index is 869. The highest BCUT2D eigenvalue weighted by atomic mass is 16.2.